The number of methoxy groups -OCH3 is 1. The number of ether oxygens (including phenoxy) is 2. The highest BCUT2D eigenvalue weighted by Crippen LogP contribution is 2.28. The molecule has 0 atom stereocenters. The maximum atomic E-state index is 5.76. The summed E-state index contributed by atoms with van der Waals surface area (Å²) in [6.07, 6.45) is 4.63. The van der Waals surface area contributed by atoms with Crippen LogP contribution < -0.4 is 14.8 Å². The van der Waals surface area contributed by atoms with Crippen LogP contribution in [0.2, 0.25) is 0 Å². The van der Waals surface area contributed by atoms with E-state index in [1.54, 1.807) is 13.3 Å². The van der Waals surface area contributed by atoms with Gasteiger partial charge in [0.05, 0.1) is 7.11 Å². The van der Waals surface area contributed by atoms with E-state index in [9.17, 15) is 0 Å². The van der Waals surface area contributed by atoms with Crippen LogP contribution in [0, 0.1) is 0 Å². The van der Waals surface area contributed by atoms with Gasteiger partial charge in [-0.25, -0.2) is 0 Å². The molecule has 1 heterocycles. The molecule has 1 aromatic carbocycles. The van der Waals surface area contributed by atoms with E-state index in [1.165, 1.54) is 11.1 Å². The molecule has 0 aliphatic rings. The maximum Gasteiger partial charge on any atom is 0.161 e. The van der Waals surface area contributed by atoms with Gasteiger partial charge in [0.25, 0.3) is 0 Å². The van der Waals surface area contributed by atoms with Crippen molar-refractivity contribution in [3.63, 3.8) is 0 Å². The van der Waals surface area contributed by atoms with E-state index < -0.39 is 0 Å². The van der Waals surface area contributed by atoms with Gasteiger partial charge in [0, 0.05) is 25.5 Å². The predicted octanol–water partition coefficient (Wildman–Crippen LogP) is 2.82. The van der Waals surface area contributed by atoms with Crippen LogP contribution >= 0.6 is 0 Å². The van der Waals surface area contributed by atoms with Crippen LogP contribution in [0.15, 0.2) is 42.7 Å². The number of nitrogens with one attached hydrogen (secondary N) is 1. The van der Waals surface area contributed by atoms with Gasteiger partial charge in [0.15, 0.2) is 11.5 Å². The van der Waals surface area contributed by atoms with E-state index in [1.807, 2.05) is 30.5 Å². The molecule has 2 rings (SSSR count). The quantitative estimate of drug-likeness (QED) is 0.758. The molecule has 0 amide bonds. The molecule has 1 N–H and O–H groups in total. The van der Waals surface area contributed by atoms with Crippen molar-refractivity contribution in [3.8, 4) is 11.5 Å². The minimum absolute atomic E-state index is 0.599. The van der Waals surface area contributed by atoms with Crippen LogP contribution in [-0.2, 0) is 13.0 Å². The molecule has 0 aliphatic heterocycles. The van der Waals surface area contributed by atoms with Crippen molar-refractivity contribution < 1.29 is 9.47 Å². The summed E-state index contributed by atoms with van der Waals surface area (Å²) in [5.74, 6) is 1.58. The molecule has 0 saturated heterocycles. The van der Waals surface area contributed by atoms with Gasteiger partial charge in [-0.3, -0.25) is 4.98 Å². The Morgan fingerprint density at radius 2 is 2.05 bits per heavy atom. The Kier molecular flexibility index (Phi) is 6.03. The number of hydrogen-bond acceptors (Lipinski definition) is 4. The third-order valence-corrected chi connectivity index (χ3v) is 3.22. The first-order valence-corrected chi connectivity index (χ1v) is 7.22. The minimum Gasteiger partial charge on any atom is -0.493 e. The third-order valence-electron chi connectivity index (χ3n) is 3.22. The Bertz CT molecular complexity index is 544. The van der Waals surface area contributed by atoms with Crippen LogP contribution in [0.1, 0.15) is 18.1 Å². The van der Waals surface area contributed by atoms with Crippen LogP contribution in [0.25, 0.3) is 0 Å². The van der Waals surface area contributed by atoms with Crippen molar-refractivity contribution in [1.82, 2.24) is 10.3 Å². The zero-order chi connectivity index (χ0) is 14.9. The van der Waals surface area contributed by atoms with E-state index in [-0.39, 0.29) is 0 Å². The minimum atomic E-state index is 0.599. The van der Waals surface area contributed by atoms with Crippen molar-refractivity contribution in [2.24, 2.45) is 0 Å². The summed E-state index contributed by atoms with van der Waals surface area (Å²) in [5.41, 5.74) is 2.41. The smallest absolute Gasteiger partial charge is 0.161 e. The lowest BCUT2D eigenvalue weighted by atomic mass is 10.1. The van der Waals surface area contributed by atoms with Crippen LogP contribution in [0.5, 0.6) is 11.5 Å². The average Bonchev–Trinajstić information content (AvgIpc) is 2.55. The SMILES string of the molecule is CCc1ccc(OCCNCc2cccnc2)c(OC)c1. The Hall–Kier alpha value is -2.07. The highest BCUT2D eigenvalue weighted by molar-refractivity contribution is 5.42. The lowest BCUT2D eigenvalue weighted by molar-refractivity contribution is 0.292. The van der Waals surface area contributed by atoms with Crippen LogP contribution in [0.3, 0.4) is 0 Å². The first kappa shape index (κ1) is 15.3. The predicted molar refractivity (Wildman–Crippen MR) is 83.8 cm³/mol. The molecule has 0 radical (unpaired) electrons. The van der Waals surface area contributed by atoms with E-state index in [0.717, 1.165) is 31.0 Å². The number of aryl methyl sites for hydroxylation is 1. The van der Waals surface area contributed by atoms with E-state index >= 15 is 0 Å². The Labute approximate surface area is 126 Å². The van der Waals surface area contributed by atoms with Gasteiger partial charge in [-0.1, -0.05) is 19.1 Å². The van der Waals surface area contributed by atoms with Crippen LogP contribution in [-0.4, -0.2) is 25.2 Å². The highest BCUT2D eigenvalue weighted by atomic mass is 16.5. The van der Waals surface area contributed by atoms with Gasteiger partial charge in [0.1, 0.15) is 6.61 Å². The first-order valence-electron chi connectivity index (χ1n) is 7.22. The summed E-state index contributed by atoms with van der Waals surface area (Å²) in [4.78, 5) is 4.08. The highest BCUT2D eigenvalue weighted by Gasteiger charge is 2.04. The molecule has 1 aromatic heterocycles. The van der Waals surface area contributed by atoms with Crippen LogP contribution in [0.4, 0.5) is 0 Å². The largest absolute Gasteiger partial charge is 0.493 e. The summed E-state index contributed by atoms with van der Waals surface area (Å²) in [7, 11) is 1.67. The number of nitrogens with zero attached hydrogens (tertiary/aromatic N) is 1. The molecule has 0 unspecified atom stereocenters. The third kappa shape index (κ3) is 4.76. The lowest BCUT2D eigenvalue weighted by Crippen LogP contribution is -2.20. The second-order valence-electron chi connectivity index (χ2n) is 4.73. The van der Waals surface area contributed by atoms with Gasteiger partial charge in [0.2, 0.25) is 0 Å². The molecule has 112 valence electrons. The number of aromatic nitrogens is 1. The summed E-state index contributed by atoms with van der Waals surface area (Å²) < 4.78 is 11.1. The van der Waals surface area contributed by atoms with E-state index in [2.05, 4.69) is 23.3 Å². The molecule has 4 nitrogen and oxygen atoms in total. The van der Waals surface area contributed by atoms with Crippen molar-refractivity contribution in [2.45, 2.75) is 19.9 Å². The van der Waals surface area contributed by atoms with Gasteiger partial charge in [-0.15, -0.1) is 0 Å². The topological polar surface area (TPSA) is 43.4 Å². The molecule has 4 heteroatoms. The van der Waals surface area contributed by atoms with Crippen molar-refractivity contribution in [1.29, 1.82) is 0 Å². The zero-order valence-electron chi connectivity index (χ0n) is 12.6. The molecular formula is C17H22N2O2. The fourth-order valence-electron chi connectivity index (χ4n) is 2.02. The Morgan fingerprint density at radius 3 is 2.76 bits per heavy atom. The molecule has 0 fully saturated rings. The second kappa shape index (κ2) is 8.27. The monoisotopic (exact) mass is 286 g/mol. The van der Waals surface area contributed by atoms with E-state index in [0.29, 0.717) is 6.61 Å². The van der Waals surface area contributed by atoms with Gasteiger partial charge in [-0.2, -0.15) is 0 Å². The molecular weight excluding hydrogens is 264 g/mol. The van der Waals surface area contributed by atoms with Gasteiger partial charge >= 0.3 is 0 Å². The fourth-order valence-corrected chi connectivity index (χ4v) is 2.02. The first-order chi connectivity index (χ1) is 10.3. The average molecular weight is 286 g/mol. The molecule has 0 saturated carbocycles. The summed E-state index contributed by atoms with van der Waals surface area (Å²) in [6, 6.07) is 10.1. The summed E-state index contributed by atoms with van der Waals surface area (Å²) in [6.45, 7) is 4.29. The fraction of sp³-hybridized carbons (Fsp3) is 0.353. The van der Waals surface area contributed by atoms with Crippen molar-refractivity contribution in [3.05, 3.63) is 53.9 Å². The molecule has 2 aromatic rings. The summed E-state index contributed by atoms with van der Waals surface area (Å²) >= 11 is 0. The normalized spacial score (nSPS) is 10.4. The standard InChI is InChI=1S/C17H22N2O2/c1-3-14-6-7-16(17(11-14)20-2)21-10-9-19-13-15-5-4-8-18-12-15/h4-8,11-12,19H,3,9-10,13H2,1-2H3. The second-order valence-corrected chi connectivity index (χ2v) is 4.73. The zero-order valence-corrected chi connectivity index (χ0v) is 12.6. The Morgan fingerprint density at radius 1 is 1.14 bits per heavy atom. The van der Waals surface area contributed by atoms with Gasteiger partial charge in [-0.05, 0) is 35.7 Å². The van der Waals surface area contributed by atoms with Crippen molar-refractivity contribution >= 4 is 0 Å². The van der Waals surface area contributed by atoms with Gasteiger partial charge < -0.3 is 14.8 Å². The Balaban J connectivity index is 1.76. The number of hydrogen-bond donors (Lipinski definition) is 1. The molecule has 0 aliphatic carbocycles. The summed E-state index contributed by atoms with van der Waals surface area (Å²) in [5, 5.41) is 3.33. The molecule has 0 spiro atoms. The van der Waals surface area contributed by atoms with Crippen molar-refractivity contribution in [2.75, 3.05) is 20.3 Å². The van der Waals surface area contributed by atoms with E-state index in [4.69, 9.17) is 9.47 Å². The number of pyridine rings is 1. The number of rotatable bonds is 8. The molecule has 0 bridgehead atoms. The lowest BCUT2D eigenvalue weighted by Gasteiger charge is -2.12. The number of benzene rings is 1. The maximum absolute atomic E-state index is 5.76. The molecule has 21 heavy (non-hydrogen) atoms.